The van der Waals surface area contributed by atoms with Gasteiger partial charge in [0.2, 0.25) is 5.91 Å². The number of halogens is 3. The normalized spacial score (nSPS) is 19.1. The fourth-order valence-corrected chi connectivity index (χ4v) is 5.04. The Kier molecular flexibility index (Phi) is 7.92. The van der Waals surface area contributed by atoms with Crippen LogP contribution < -0.4 is 15.9 Å². The van der Waals surface area contributed by atoms with Crippen molar-refractivity contribution in [1.82, 2.24) is 24.8 Å². The van der Waals surface area contributed by atoms with E-state index in [1.165, 1.54) is 10.6 Å². The van der Waals surface area contributed by atoms with Gasteiger partial charge in [0.05, 0.1) is 5.52 Å². The lowest BCUT2D eigenvalue weighted by Crippen LogP contribution is -2.60. The smallest absolute Gasteiger partial charge is 0.349 e. The summed E-state index contributed by atoms with van der Waals surface area (Å²) >= 11 is 0. The molecule has 206 valence electrons. The summed E-state index contributed by atoms with van der Waals surface area (Å²) < 4.78 is 40.3. The van der Waals surface area contributed by atoms with E-state index in [2.05, 4.69) is 15.3 Å². The standard InChI is InChI=1S/C27H30F3N7O2/c1-5-20-14-36(24-22-21(35(4)26(39)34-24)11-10-19(12-31)33-22)17(3)13-37(20)23(18-8-6-16(2)7-9-18)25(38)32-15-27(28,29)30/h6-11,17,20,23H,5,13-15H2,1-4H3,(H,32,38)/t17-,20+,23?/m0/s1. The van der Waals surface area contributed by atoms with Crippen molar-refractivity contribution in [2.75, 3.05) is 24.5 Å². The molecule has 1 N–H and O–H groups in total. The number of aromatic nitrogens is 3. The summed E-state index contributed by atoms with van der Waals surface area (Å²) in [6.07, 6.45) is -3.96. The Morgan fingerprint density at radius 1 is 1.18 bits per heavy atom. The minimum Gasteiger partial charge on any atom is -0.349 e. The second kappa shape index (κ2) is 11.0. The summed E-state index contributed by atoms with van der Waals surface area (Å²) in [5.74, 6) is -0.392. The maximum Gasteiger partial charge on any atom is 0.405 e. The molecule has 0 bridgehead atoms. The van der Waals surface area contributed by atoms with Crippen molar-refractivity contribution in [2.45, 2.75) is 51.5 Å². The molecule has 0 radical (unpaired) electrons. The van der Waals surface area contributed by atoms with E-state index in [4.69, 9.17) is 0 Å². The molecule has 12 heteroatoms. The number of carbonyl (C=O) groups is 1. The molecule has 3 heterocycles. The Hall–Kier alpha value is -3.98. The van der Waals surface area contributed by atoms with E-state index in [0.29, 0.717) is 41.9 Å². The second-order valence-corrected chi connectivity index (χ2v) is 9.86. The third kappa shape index (κ3) is 5.88. The van der Waals surface area contributed by atoms with Gasteiger partial charge in [-0.2, -0.15) is 23.4 Å². The Bertz CT molecular complexity index is 1460. The van der Waals surface area contributed by atoms with Gasteiger partial charge in [0.15, 0.2) is 5.82 Å². The highest BCUT2D eigenvalue weighted by Crippen LogP contribution is 2.33. The van der Waals surface area contributed by atoms with Gasteiger partial charge in [-0.05, 0) is 38.0 Å². The van der Waals surface area contributed by atoms with E-state index in [0.717, 1.165) is 5.56 Å². The third-order valence-electron chi connectivity index (χ3n) is 7.11. The fraction of sp³-hybridized carbons (Fsp3) is 0.444. The number of nitriles is 1. The van der Waals surface area contributed by atoms with Crippen molar-refractivity contribution in [3.63, 3.8) is 0 Å². The predicted octanol–water partition coefficient (Wildman–Crippen LogP) is 3.22. The Labute approximate surface area is 223 Å². The highest BCUT2D eigenvalue weighted by atomic mass is 19.4. The largest absolute Gasteiger partial charge is 0.405 e. The summed E-state index contributed by atoms with van der Waals surface area (Å²) in [6, 6.07) is 10.9. The van der Waals surface area contributed by atoms with Crippen molar-refractivity contribution in [1.29, 1.82) is 5.26 Å². The molecule has 1 aliphatic rings. The molecular formula is C27H30F3N7O2. The van der Waals surface area contributed by atoms with Crippen LogP contribution in [0.15, 0.2) is 41.2 Å². The van der Waals surface area contributed by atoms with Crippen molar-refractivity contribution < 1.29 is 18.0 Å². The number of pyridine rings is 1. The Balaban J connectivity index is 1.74. The minimum atomic E-state index is -4.54. The van der Waals surface area contributed by atoms with Crippen LogP contribution in [0, 0.1) is 18.3 Å². The van der Waals surface area contributed by atoms with Gasteiger partial charge >= 0.3 is 11.9 Å². The summed E-state index contributed by atoms with van der Waals surface area (Å²) in [7, 11) is 1.58. The number of carbonyl (C=O) groups excluding carboxylic acids is 1. The van der Waals surface area contributed by atoms with Gasteiger partial charge in [-0.25, -0.2) is 9.78 Å². The fourth-order valence-electron chi connectivity index (χ4n) is 5.04. The number of fused-ring (bicyclic) bond motifs is 1. The molecule has 0 saturated carbocycles. The minimum absolute atomic E-state index is 0.184. The molecule has 4 rings (SSSR count). The first-order valence-electron chi connectivity index (χ1n) is 12.6. The number of piperazine rings is 1. The lowest BCUT2D eigenvalue weighted by atomic mass is 9.96. The molecule has 3 aromatic rings. The number of hydrogen-bond donors (Lipinski definition) is 1. The van der Waals surface area contributed by atoms with Crippen LogP contribution in [0.1, 0.15) is 43.1 Å². The Morgan fingerprint density at radius 3 is 2.49 bits per heavy atom. The van der Waals surface area contributed by atoms with E-state index >= 15 is 0 Å². The van der Waals surface area contributed by atoms with Gasteiger partial charge < -0.3 is 10.2 Å². The Morgan fingerprint density at radius 2 is 1.87 bits per heavy atom. The van der Waals surface area contributed by atoms with Gasteiger partial charge in [0.1, 0.15) is 29.9 Å². The van der Waals surface area contributed by atoms with Crippen LogP contribution in [-0.4, -0.2) is 63.2 Å². The van der Waals surface area contributed by atoms with E-state index in [9.17, 15) is 28.0 Å². The summed E-state index contributed by atoms with van der Waals surface area (Å²) in [5, 5.41) is 11.5. The first kappa shape index (κ1) is 28.0. The van der Waals surface area contributed by atoms with E-state index < -0.39 is 30.4 Å². The van der Waals surface area contributed by atoms with Crippen molar-refractivity contribution in [2.24, 2.45) is 7.05 Å². The second-order valence-electron chi connectivity index (χ2n) is 9.86. The van der Waals surface area contributed by atoms with Crippen LogP contribution in [-0.2, 0) is 11.8 Å². The zero-order chi connectivity index (χ0) is 28.5. The van der Waals surface area contributed by atoms with Crippen LogP contribution in [0.25, 0.3) is 11.0 Å². The lowest BCUT2D eigenvalue weighted by Gasteiger charge is -2.48. The van der Waals surface area contributed by atoms with Gasteiger partial charge in [-0.3, -0.25) is 14.3 Å². The van der Waals surface area contributed by atoms with Gasteiger partial charge in [-0.15, -0.1) is 0 Å². The first-order chi connectivity index (χ1) is 18.4. The van der Waals surface area contributed by atoms with E-state index in [-0.39, 0.29) is 17.8 Å². The molecule has 2 aromatic heterocycles. The lowest BCUT2D eigenvalue weighted by molar-refractivity contribution is -0.142. The molecule has 1 unspecified atom stereocenters. The first-order valence-corrected chi connectivity index (χ1v) is 12.6. The molecular weight excluding hydrogens is 511 g/mol. The third-order valence-corrected chi connectivity index (χ3v) is 7.11. The van der Waals surface area contributed by atoms with Crippen LogP contribution in [0.5, 0.6) is 0 Å². The molecule has 39 heavy (non-hydrogen) atoms. The molecule has 9 nitrogen and oxygen atoms in total. The van der Waals surface area contributed by atoms with Gasteiger partial charge in [0.25, 0.3) is 0 Å². The summed E-state index contributed by atoms with van der Waals surface area (Å²) in [5.41, 5.74) is 2.20. The quantitative estimate of drug-likeness (QED) is 0.511. The molecule has 1 fully saturated rings. The molecule has 3 atom stereocenters. The molecule has 1 aromatic carbocycles. The number of nitrogens with zero attached hydrogens (tertiary/aromatic N) is 6. The van der Waals surface area contributed by atoms with E-state index in [1.54, 1.807) is 25.2 Å². The number of hydrogen-bond acceptors (Lipinski definition) is 7. The number of alkyl halides is 3. The highest BCUT2D eigenvalue weighted by molar-refractivity contribution is 5.87. The van der Waals surface area contributed by atoms with Gasteiger partial charge in [-0.1, -0.05) is 36.8 Å². The van der Waals surface area contributed by atoms with Crippen molar-refractivity contribution in [3.8, 4) is 6.07 Å². The number of nitrogens with one attached hydrogen (secondary N) is 1. The predicted molar refractivity (Wildman–Crippen MR) is 140 cm³/mol. The average Bonchev–Trinajstić information content (AvgIpc) is 2.90. The molecule has 0 aliphatic carbocycles. The molecule has 1 saturated heterocycles. The van der Waals surface area contributed by atoms with Crippen LogP contribution in [0.3, 0.4) is 0 Å². The van der Waals surface area contributed by atoms with Crippen molar-refractivity contribution >= 4 is 22.8 Å². The monoisotopic (exact) mass is 541 g/mol. The average molecular weight is 542 g/mol. The van der Waals surface area contributed by atoms with Crippen molar-refractivity contribution in [3.05, 3.63) is 63.7 Å². The molecule has 1 amide bonds. The zero-order valence-corrected chi connectivity index (χ0v) is 22.2. The van der Waals surface area contributed by atoms with Crippen LogP contribution in [0.2, 0.25) is 0 Å². The highest BCUT2D eigenvalue weighted by Gasteiger charge is 2.40. The number of benzene rings is 1. The van der Waals surface area contributed by atoms with Crippen LogP contribution in [0.4, 0.5) is 19.0 Å². The van der Waals surface area contributed by atoms with Gasteiger partial charge in [0, 0.05) is 32.2 Å². The number of rotatable bonds is 6. The summed E-state index contributed by atoms with van der Waals surface area (Å²) in [6.45, 7) is 4.97. The number of anilines is 1. The number of aryl methyl sites for hydroxylation is 2. The SMILES string of the molecule is CC[C@@H]1CN(c2nc(=O)n(C)c3ccc(C#N)nc23)[C@@H](C)CN1C(C(=O)NCC(F)(F)F)c1ccc(C)cc1. The number of amides is 1. The maximum absolute atomic E-state index is 13.3. The zero-order valence-electron chi connectivity index (χ0n) is 22.2. The van der Waals surface area contributed by atoms with Crippen LogP contribution >= 0.6 is 0 Å². The molecule has 0 spiro atoms. The molecule has 1 aliphatic heterocycles. The van der Waals surface area contributed by atoms with E-state index in [1.807, 2.05) is 48.8 Å². The maximum atomic E-state index is 13.3. The topological polar surface area (TPSA) is 107 Å². The summed E-state index contributed by atoms with van der Waals surface area (Å²) in [4.78, 5) is 38.5.